The summed E-state index contributed by atoms with van der Waals surface area (Å²) < 4.78 is 5.06. The van der Waals surface area contributed by atoms with Gasteiger partial charge >= 0.3 is 0 Å². The van der Waals surface area contributed by atoms with Crippen LogP contribution in [-0.4, -0.2) is 62.0 Å². The normalized spacial score (nSPS) is 14.9. The van der Waals surface area contributed by atoms with Crippen molar-refractivity contribution in [1.29, 1.82) is 0 Å². The molecule has 0 saturated carbocycles. The number of likely N-dealkylation sites (tertiary alicyclic amines) is 1. The first-order valence-corrected chi connectivity index (χ1v) is 12.4. The van der Waals surface area contributed by atoms with Crippen molar-refractivity contribution in [3.8, 4) is 0 Å². The zero-order valence-corrected chi connectivity index (χ0v) is 20.8. The summed E-state index contributed by atoms with van der Waals surface area (Å²) in [5.41, 5.74) is 2.75. The van der Waals surface area contributed by atoms with Crippen LogP contribution in [-0.2, 0) is 20.7 Å². The van der Waals surface area contributed by atoms with E-state index in [1.807, 2.05) is 54.3 Å². The molecule has 2 aromatic rings. The molecule has 2 aromatic carbocycles. The van der Waals surface area contributed by atoms with Crippen molar-refractivity contribution >= 4 is 17.7 Å². The quantitative estimate of drug-likeness (QED) is 0.485. The lowest BCUT2D eigenvalue weighted by Gasteiger charge is -2.36. The number of amides is 3. The summed E-state index contributed by atoms with van der Waals surface area (Å²) >= 11 is 0. The number of aryl methyl sites for hydroxylation is 2. The SMILES string of the molecule is COCCCNC(=O)[C@@H](NC(=O)c1ccc(C)cc1)C1CCN(C(=O)CCc2ccccc2)CC1. The molecule has 2 N–H and O–H groups in total. The second-order valence-corrected chi connectivity index (χ2v) is 9.16. The van der Waals surface area contributed by atoms with Crippen LogP contribution >= 0.6 is 0 Å². The van der Waals surface area contributed by atoms with Crippen LogP contribution in [0.1, 0.15) is 47.2 Å². The maximum Gasteiger partial charge on any atom is 0.251 e. The first-order valence-electron chi connectivity index (χ1n) is 12.4. The molecule has 0 unspecified atom stereocenters. The zero-order valence-electron chi connectivity index (χ0n) is 20.8. The van der Waals surface area contributed by atoms with Gasteiger partial charge in [-0.15, -0.1) is 0 Å². The van der Waals surface area contributed by atoms with Gasteiger partial charge in [0.2, 0.25) is 11.8 Å². The molecule has 188 valence electrons. The minimum absolute atomic E-state index is 0.0370. The van der Waals surface area contributed by atoms with E-state index < -0.39 is 6.04 Å². The van der Waals surface area contributed by atoms with Gasteiger partial charge in [0, 0.05) is 45.3 Å². The molecule has 1 aliphatic rings. The number of rotatable bonds is 11. The Morgan fingerprint density at radius 3 is 2.37 bits per heavy atom. The van der Waals surface area contributed by atoms with Crippen molar-refractivity contribution in [1.82, 2.24) is 15.5 Å². The number of piperidine rings is 1. The summed E-state index contributed by atoms with van der Waals surface area (Å²) in [7, 11) is 1.63. The largest absolute Gasteiger partial charge is 0.385 e. The Morgan fingerprint density at radius 2 is 1.71 bits per heavy atom. The van der Waals surface area contributed by atoms with Crippen molar-refractivity contribution in [2.45, 2.75) is 45.1 Å². The fourth-order valence-corrected chi connectivity index (χ4v) is 4.40. The number of nitrogens with zero attached hydrogens (tertiary/aromatic N) is 1. The molecule has 0 aromatic heterocycles. The molecule has 7 heteroatoms. The maximum absolute atomic E-state index is 13.1. The van der Waals surface area contributed by atoms with E-state index in [0.29, 0.717) is 57.5 Å². The average Bonchev–Trinajstić information content (AvgIpc) is 2.89. The molecule has 3 amide bonds. The highest BCUT2D eigenvalue weighted by atomic mass is 16.5. The van der Waals surface area contributed by atoms with Crippen molar-refractivity contribution in [3.05, 3.63) is 71.3 Å². The Morgan fingerprint density at radius 1 is 1.03 bits per heavy atom. The zero-order chi connectivity index (χ0) is 25.0. The molecule has 0 radical (unpaired) electrons. The third kappa shape index (κ3) is 8.21. The van der Waals surface area contributed by atoms with E-state index in [0.717, 1.165) is 17.5 Å². The number of nitrogens with one attached hydrogen (secondary N) is 2. The van der Waals surface area contributed by atoms with Crippen LogP contribution in [0.2, 0.25) is 0 Å². The van der Waals surface area contributed by atoms with Crippen LogP contribution in [0.5, 0.6) is 0 Å². The molecule has 35 heavy (non-hydrogen) atoms. The minimum Gasteiger partial charge on any atom is -0.385 e. The first-order chi connectivity index (χ1) is 17.0. The molecule has 1 saturated heterocycles. The van der Waals surface area contributed by atoms with Gasteiger partial charge in [0.25, 0.3) is 5.91 Å². The van der Waals surface area contributed by atoms with E-state index in [4.69, 9.17) is 4.74 Å². The van der Waals surface area contributed by atoms with Crippen LogP contribution in [0, 0.1) is 12.8 Å². The smallest absolute Gasteiger partial charge is 0.251 e. The number of hydrogen-bond donors (Lipinski definition) is 2. The Bertz CT molecular complexity index is 954. The topological polar surface area (TPSA) is 87.7 Å². The van der Waals surface area contributed by atoms with Gasteiger partial charge in [-0.05, 0) is 56.2 Å². The fraction of sp³-hybridized carbons (Fsp3) is 0.464. The molecular formula is C28H37N3O4. The second kappa shape index (κ2) is 13.6. The van der Waals surface area contributed by atoms with Gasteiger partial charge in [0.15, 0.2) is 0 Å². The van der Waals surface area contributed by atoms with Gasteiger partial charge in [-0.2, -0.15) is 0 Å². The van der Waals surface area contributed by atoms with Gasteiger partial charge in [-0.25, -0.2) is 0 Å². The van der Waals surface area contributed by atoms with E-state index in [2.05, 4.69) is 10.6 Å². The van der Waals surface area contributed by atoms with Crippen LogP contribution in [0.3, 0.4) is 0 Å². The number of ether oxygens (including phenoxy) is 1. The molecule has 7 nitrogen and oxygen atoms in total. The van der Waals surface area contributed by atoms with E-state index in [1.165, 1.54) is 0 Å². The third-order valence-corrected chi connectivity index (χ3v) is 6.54. The Kier molecular flexibility index (Phi) is 10.3. The predicted molar refractivity (Wildman–Crippen MR) is 136 cm³/mol. The summed E-state index contributed by atoms with van der Waals surface area (Å²) in [6.45, 7) is 4.19. The number of hydrogen-bond acceptors (Lipinski definition) is 4. The maximum atomic E-state index is 13.1. The molecule has 3 rings (SSSR count). The number of benzene rings is 2. The molecule has 1 aliphatic heterocycles. The molecule has 1 heterocycles. The summed E-state index contributed by atoms with van der Waals surface area (Å²) in [5, 5.41) is 5.91. The standard InChI is InChI=1S/C28H37N3O4/c1-21-9-12-24(13-10-21)27(33)30-26(28(34)29-17-6-20-35-2)23-15-18-31(19-16-23)25(32)14-11-22-7-4-3-5-8-22/h3-5,7-10,12-13,23,26H,6,11,14-20H2,1-2H3,(H,29,34)(H,30,33)/t26-/m0/s1. The third-order valence-electron chi connectivity index (χ3n) is 6.54. The Hall–Kier alpha value is -3.19. The minimum atomic E-state index is -0.645. The highest BCUT2D eigenvalue weighted by Gasteiger charge is 2.33. The van der Waals surface area contributed by atoms with Crippen LogP contribution in [0.25, 0.3) is 0 Å². The number of carbonyl (C=O) groups excluding carboxylic acids is 3. The molecule has 1 atom stereocenters. The highest BCUT2D eigenvalue weighted by Crippen LogP contribution is 2.22. The summed E-state index contributed by atoms with van der Waals surface area (Å²) in [4.78, 5) is 40.6. The molecule has 0 bridgehead atoms. The molecular weight excluding hydrogens is 442 g/mol. The molecule has 0 spiro atoms. The van der Waals surface area contributed by atoms with E-state index >= 15 is 0 Å². The predicted octanol–water partition coefficient (Wildman–Crippen LogP) is 3.12. The van der Waals surface area contributed by atoms with Gasteiger partial charge < -0.3 is 20.3 Å². The summed E-state index contributed by atoms with van der Waals surface area (Å²) in [6.07, 6.45) is 3.24. The fourth-order valence-electron chi connectivity index (χ4n) is 4.40. The summed E-state index contributed by atoms with van der Waals surface area (Å²) in [6, 6.07) is 16.7. The van der Waals surface area contributed by atoms with Gasteiger partial charge in [0.05, 0.1) is 0 Å². The molecule has 1 fully saturated rings. The van der Waals surface area contributed by atoms with Crippen LogP contribution in [0.4, 0.5) is 0 Å². The van der Waals surface area contributed by atoms with Gasteiger partial charge in [-0.1, -0.05) is 48.0 Å². The molecule has 0 aliphatic carbocycles. The van der Waals surface area contributed by atoms with Gasteiger partial charge in [0.1, 0.15) is 6.04 Å². The highest BCUT2D eigenvalue weighted by molar-refractivity contribution is 5.97. The lowest BCUT2D eigenvalue weighted by molar-refractivity contribution is -0.133. The van der Waals surface area contributed by atoms with E-state index in [1.54, 1.807) is 19.2 Å². The number of methoxy groups -OCH3 is 1. The van der Waals surface area contributed by atoms with Crippen molar-refractivity contribution < 1.29 is 19.1 Å². The van der Waals surface area contributed by atoms with Crippen LogP contribution in [0.15, 0.2) is 54.6 Å². The van der Waals surface area contributed by atoms with Gasteiger partial charge in [-0.3, -0.25) is 14.4 Å². The average molecular weight is 480 g/mol. The van der Waals surface area contributed by atoms with Crippen molar-refractivity contribution in [2.24, 2.45) is 5.92 Å². The second-order valence-electron chi connectivity index (χ2n) is 9.16. The number of carbonyl (C=O) groups is 3. The van der Waals surface area contributed by atoms with E-state index in [9.17, 15) is 14.4 Å². The van der Waals surface area contributed by atoms with Crippen LogP contribution < -0.4 is 10.6 Å². The lowest BCUT2D eigenvalue weighted by Crippen LogP contribution is -2.54. The Labute approximate surface area is 208 Å². The summed E-state index contributed by atoms with van der Waals surface area (Å²) in [5.74, 6) is -0.347. The van der Waals surface area contributed by atoms with Crippen molar-refractivity contribution in [3.63, 3.8) is 0 Å². The van der Waals surface area contributed by atoms with Crippen molar-refractivity contribution in [2.75, 3.05) is 33.4 Å². The lowest BCUT2D eigenvalue weighted by atomic mass is 9.88. The monoisotopic (exact) mass is 479 g/mol. The Balaban J connectivity index is 1.58. The van der Waals surface area contributed by atoms with E-state index in [-0.39, 0.29) is 23.6 Å². The first kappa shape index (κ1) is 26.4.